The van der Waals surface area contributed by atoms with Crippen molar-refractivity contribution < 1.29 is 4.79 Å². The molecule has 1 N–H and O–H groups in total. The standard InChI is InChI=1S/C24H29N3O/c1-18-5-7-19(8-6-18)16-27-12-3-4-22(17-27)24(28)25-15-20-9-10-23-21(14-20)11-13-26(23)2/h5-11,13-14,22H,3-4,12,15-17H2,1-2H3,(H,25,28). The Balaban J connectivity index is 1.32. The number of rotatable bonds is 5. The first-order valence-electron chi connectivity index (χ1n) is 10.2. The molecule has 2 aromatic carbocycles. The number of likely N-dealkylation sites (tertiary alicyclic amines) is 1. The summed E-state index contributed by atoms with van der Waals surface area (Å²) in [4.78, 5) is 15.2. The molecular weight excluding hydrogens is 346 g/mol. The summed E-state index contributed by atoms with van der Waals surface area (Å²) in [6, 6.07) is 17.2. The van der Waals surface area contributed by atoms with Crippen LogP contribution in [0.4, 0.5) is 0 Å². The van der Waals surface area contributed by atoms with E-state index in [0.717, 1.165) is 38.0 Å². The summed E-state index contributed by atoms with van der Waals surface area (Å²) < 4.78 is 2.11. The molecule has 0 saturated carbocycles. The van der Waals surface area contributed by atoms with Crippen molar-refractivity contribution in [2.24, 2.45) is 13.0 Å². The van der Waals surface area contributed by atoms with E-state index in [9.17, 15) is 4.79 Å². The summed E-state index contributed by atoms with van der Waals surface area (Å²) in [6.07, 6.45) is 4.13. The molecule has 3 aromatic rings. The highest BCUT2D eigenvalue weighted by molar-refractivity contribution is 5.81. The molecule has 1 fully saturated rings. The van der Waals surface area contributed by atoms with Gasteiger partial charge < -0.3 is 9.88 Å². The highest BCUT2D eigenvalue weighted by Gasteiger charge is 2.25. The van der Waals surface area contributed by atoms with E-state index < -0.39 is 0 Å². The zero-order valence-corrected chi connectivity index (χ0v) is 16.8. The predicted molar refractivity (Wildman–Crippen MR) is 114 cm³/mol. The summed E-state index contributed by atoms with van der Waals surface area (Å²) in [6.45, 7) is 5.55. The monoisotopic (exact) mass is 375 g/mol. The second kappa shape index (κ2) is 8.19. The van der Waals surface area contributed by atoms with Gasteiger partial charge in [0.25, 0.3) is 0 Å². The number of fused-ring (bicyclic) bond motifs is 1. The fraction of sp³-hybridized carbons (Fsp3) is 0.375. The number of aryl methyl sites for hydroxylation is 2. The van der Waals surface area contributed by atoms with Crippen LogP contribution in [-0.4, -0.2) is 28.5 Å². The maximum atomic E-state index is 12.7. The van der Waals surface area contributed by atoms with Crippen molar-refractivity contribution in [3.8, 4) is 0 Å². The maximum Gasteiger partial charge on any atom is 0.224 e. The summed E-state index contributed by atoms with van der Waals surface area (Å²) in [7, 11) is 2.05. The molecule has 4 rings (SSSR count). The highest BCUT2D eigenvalue weighted by Crippen LogP contribution is 2.20. The Bertz CT molecular complexity index is 958. The van der Waals surface area contributed by atoms with Crippen molar-refractivity contribution in [2.75, 3.05) is 13.1 Å². The molecule has 28 heavy (non-hydrogen) atoms. The van der Waals surface area contributed by atoms with Gasteiger partial charge in [-0.05, 0) is 61.0 Å². The van der Waals surface area contributed by atoms with E-state index in [1.54, 1.807) is 0 Å². The Morgan fingerprint density at radius 1 is 1.11 bits per heavy atom. The highest BCUT2D eigenvalue weighted by atomic mass is 16.1. The minimum absolute atomic E-state index is 0.0830. The Kier molecular flexibility index (Phi) is 5.49. The van der Waals surface area contributed by atoms with Crippen LogP contribution in [0, 0.1) is 12.8 Å². The van der Waals surface area contributed by atoms with Crippen LogP contribution in [0.5, 0.6) is 0 Å². The molecule has 4 nitrogen and oxygen atoms in total. The number of aromatic nitrogens is 1. The fourth-order valence-corrected chi connectivity index (χ4v) is 4.14. The lowest BCUT2D eigenvalue weighted by Crippen LogP contribution is -2.42. The number of piperidine rings is 1. The van der Waals surface area contributed by atoms with Gasteiger partial charge in [-0.3, -0.25) is 9.69 Å². The van der Waals surface area contributed by atoms with Crippen molar-refractivity contribution in [3.63, 3.8) is 0 Å². The lowest BCUT2D eigenvalue weighted by Gasteiger charge is -2.32. The summed E-state index contributed by atoms with van der Waals surface area (Å²) in [5, 5.41) is 4.38. The number of carbonyl (C=O) groups is 1. The minimum Gasteiger partial charge on any atom is -0.352 e. The third-order valence-electron chi connectivity index (χ3n) is 5.82. The van der Waals surface area contributed by atoms with Gasteiger partial charge in [0, 0.05) is 38.4 Å². The zero-order chi connectivity index (χ0) is 19.5. The number of hydrogen-bond donors (Lipinski definition) is 1. The summed E-state index contributed by atoms with van der Waals surface area (Å²) in [5.41, 5.74) is 4.98. The number of hydrogen-bond acceptors (Lipinski definition) is 2. The topological polar surface area (TPSA) is 37.3 Å². The van der Waals surface area contributed by atoms with Gasteiger partial charge in [0.15, 0.2) is 0 Å². The lowest BCUT2D eigenvalue weighted by molar-refractivity contribution is -0.126. The Hall–Kier alpha value is -2.59. The van der Waals surface area contributed by atoms with Crippen LogP contribution >= 0.6 is 0 Å². The number of amides is 1. The van der Waals surface area contributed by atoms with E-state index >= 15 is 0 Å². The first-order valence-corrected chi connectivity index (χ1v) is 10.2. The van der Waals surface area contributed by atoms with E-state index in [2.05, 4.69) is 83.5 Å². The molecule has 4 heteroatoms. The molecule has 1 atom stereocenters. The molecule has 2 heterocycles. The van der Waals surface area contributed by atoms with E-state index in [4.69, 9.17) is 0 Å². The molecule has 1 aliphatic heterocycles. The largest absolute Gasteiger partial charge is 0.352 e. The third kappa shape index (κ3) is 4.28. The van der Waals surface area contributed by atoms with Gasteiger partial charge in [-0.2, -0.15) is 0 Å². The van der Waals surface area contributed by atoms with Crippen LogP contribution in [0.15, 0.2) is 54.7 Å². The van der Waals surface area contributed by atoms with Crippen molar-refractivity contribution in [1.29, 1.82) is 0 Å². The molecule has 1 aliphatic rings. The van der Waals surface area contributed by atoms with Crippen molar-refractivity contribution in [2.45, 2.75) is 32.9 Å². The summed E-state index contributed by atoms with van der Waals surface area (Å²) >= 11 is 0. The van der Waals surface area contributed by atoms with Gasteiger partial charge in [0.1, 0.15) is 0 Å². The maximum absolute atomic E-state index is 12.7. The Morgan fingerprint density at radius 2 is 1.89 bits per heavy atom. The van der Waals surface area contributed by atoms with Gasteiger partial charge in [-0.1, -0.05) is 35.9 Å². The molecule has 0 spiro atoms. The average Bonchev–Trinajstić information content (AvgIpc) is 3.08. The number of carbonyl (C=O) groups excluding carboxylic acids is 1. The molecular formula is C24H29N3O. The molecule has 1 unspecified atom stereocenters. The predicted octanol–water partition coefficient (Wildman–Crippen LogP) is 4.02. The molecule has 0 aliphatic carbocycles. The second-order valence-electron chi connectivity index (χ2n) is 8.10. The lowest BCUT2D eigenvalue weighted by atomic mass is 9.96. The van der Waals surface area contributed by atoms with E-state index in [1.165, 1.54) is 22.0 Å². The van der Waals surface area contributed by atoms with Crippen LogP contribution in [0.25, 0.3) is 10.9 Å². The third-order valence-corrected chi connectivity index (χ3v) is 5.82. The molecule has 1 saturated heterocycles. The van der Waals surface area contributed by atoms with E-state index in [-0.39, 0.29) is 11.8 Å². The van der Waals surface area contributed by atoms with Gasteiger partial charge in [-0.15, -0.1) is 0 Å². The molecule has 0 bridgehead atoms. The SMILES string of the molecule is Cc1ccc(CN2CCCC(C(=O)NCc3ccc4c(ccn4C)c3)C2)cc1. The zero-order valence-electron chi connectivity index (χ0n) is 16.8. The molecule has 0 radical (unpaired) electrons. The van der Waals surface area contributed by atoms with Crippen LogP contribution in [0.2, 0.25) is 0 Å². The normalized spacial score (nSPS) is 17.7. The van der Waals surface area contributed by atoms with Crippen LogP contribution in [0.1, 0.15) is 29.5 Å². The Labute approximate surface area is 167 Å². The quantitative estimate of drug-likeness (QED) is 0.731. The average molecular weight is 376 g/mol. The van der Waals surface area contributed by atoms with Gasteiger partial charge in [0.2, 0.25) is 5.91 Å². The van der Waals surface area contributed by atoms with E-state index in [1.807, 2.05) is 0 Å². The first-order chi connectivity index (χ1) is 13.6. The molecule has 1 aromatic heterocycles. The number of nitrogens with one attached hydrogen (secondary N) is 1. The van der Waals surface area contributed by atoms with Gasteiger partial charge in [0.05, 0.1) is 5.92 Å². The van der Waals surface area contributed by atoms with Crippen LogP contribution in [0.3, 0.4) is 0 Å². The van der Waals surface area contributed by atoms with Crippen LogP contribution in [-0.2, 0) is 24.9 Å². The first kappa shape index (κ1) is 18.8. The van der Waals surface area contributed by atoms with Crippen LogP contribution < -0.4 is 5.32 Å². The van der Waals surface area contributed by atoms with Gasteiger partial charge >= 0.3 is 0 Å². The van der Waals surface area contributed by atoms with Crippen molar-refractivity contribution >= 4 is 16.8 Å². The van der Waals surface area contributed by atoms with Crippen molar-refractivity contribution in [3.05, 3.63) is 71.4 Å². The van der Waals surface area contributed by atoms with Gasteiger partial charge in [-0.25, -0.2) is 0 Å². The number of benzene rings is 2. The Morgan fingerprint density at radius 3 is 2.71 bits per heavy atom. The molecule has 1 amide bonds. The fourth-order valence-electron chi connectivity index (χ4n) is 4.14. The number of nitrogens with zero attached hydrogens (tertiary/aromatic N) is 2. The van der Waals surface area contributed by atoms with Crippen molar-refractivity contribution in [1.82, 2.24) is 14.8 Å². The molecule has 146 valence electrons. The van der Waals surface area contributed by atoms with E-state index in [0.29, 0.717) is 6.54 Å². The second-order valence-corrected chi connectivity index (χ2v) is 8.10. The smallest absolute Gasteiger partial charge is 0.224 e. The minimum atomic E-state index is 0.0830. The summed E-state index contributed by atoms with van der Waals surface area (Å²) in [5.74, 6) is 0.265.